The Morgan fingerprint density at radius 3 is 2.47 bits per heavy atom. The summed E-state index contributed by atoms with van der Waals surface area (Å²) in [6, 6.07) is 7.98. The molecule has 0 aliphatic rings. The molecule has 0 amide bonds. The predicted octanol–water partition coefficient (Wildman–Crippen LogP) is 2.76. The summed E-state index contributed by atoms with van der Waals surface area (Å²) in [6.45, 7) is 3.96. The third-order valence-electron chi connectivity index (χ3n) is 2.94. The molecule has 1 atom stereocenters. The van der Waals surface area contributed by atoms with Gasteiger partial charge in [-0.15, -0.1) is 0 Å². The quantitative estimate of drug-likeness (QED) is 0.844. The van der Waals surface area contributed by atoms with E-state index in [2.05, 4.69) is 16.0 Å². The lowest BCUT2D eigenvalue weighted by Gasteiger charge is -2.15. The van der Waals surface area contributed by atoms with Crippen LogP contribution in [-0.2, 0) is 0 Å². The first-order valence-electron chi connectivity index (χ1n) is 5.99. The predicted molar refractivity (Wildman–Crippen MR) is 72.0 cm³/mol. The van der Waals surface area contributed by atoms with Gasteiger partial charge in [0.15, 0.2) is 0 Å². The van der Waals surface area contributed by atoms with Crippen LogP contribution in [0.5, 0.6) is 5.75 Å². The van der Waals surface area contributed by atoms with Crippen LogP contribution < -0.4 is 4.74 Å². The van der Waals surface area contributed by atoms with Crippen molar-refractivity contribution in [3.63, 3.8) is 0 Å². The van der Waals surface area contributed by atoms with Crippen LogP contribution in [-0.4, -0.2) is 17.1 Å². The molecular weight excluding hydrogens is 238 g/mol. The van der Waals surface area contributed by atoms with E-state index < -0.39 is 5.92 Å². The highest BCUT2D eigenvalue weighted by Gasteiger charge is 2.21. The fraction of sp³-hybridized carbons (Fsp3) is 0.267. The summed E-state index contributed by atoms with van der Waals surface area (Å²) in [5.74, 6) is 0.702. The smallest absolute Gasteiger partial charge is 0.149 e. The Bertz CT molecular complexity index is 617. The van der Waals surface area contributed by atoms with Crippen LogP contribution in [0.2, 0.25) is 0 Å². The van der Waals surface area contributed by atoms with E-state index in [0.29, 0.717) is 5.82 Å². The van der Waals surface area contributed by atoms with E-state index in [4.69, 9.17) is 4.74 Å². The Morgan fingerprint density at radius 2 is 1.89 bits per heavy atom. The van der Waals surface area contributed by atoms with Crippen LogP contribution in [0, 0.1) is 25.2 Å². The molecule has 0 bridgehead atoms. The third kappa shape index (κ3) is 2.55. The summed E-state index contributed by atoms with van der Waals surface area (Å²) in [7, 11) is 1.61. The molecule has 1 heterocycles. The first-order chi connectivity index (χ1) is 9.17. The standard InChI is InChI=1S/C15H15N3O/c1-10-7-11(2)14(19-3)12(8-10)13(9-16)15-17-5-4-6-18-15/h4-8,13H,1-3H3. The van der Waals surface area contributed by atoms with Crippen molar-refractivity contribution in [2.75, 3.05) is 7.11 Å². The Balaban J connectivity index is 2.59. The number of benzene rings is 1. The molecule has 1 aromatic heterocycles. The lowest BCUT2D eigenvalue weighted by molar-refractivity contribution is 0.406. The van der Waals surface area contributed by atoms with Crippen LogP contribution in [0.4, 0.5) is 0 Å². The van der Waals surface area contributed by atoms with Crippen LogP contribution in [0.25, 0.3) is 0 Å². The van der Waals surface area contributed by atoms with Crippen molar-refractivity contribution in [2.45, 2.75) is 19.8 Å². The van der Waals surface area contributed by atoms with Gasteiger partial charge in [0.1, 0.15) is 17.5 Å². The first kappa shape index (κ1) is 13.0. The van der Waals surface area contributed by atoms with Gasteiger partial charge in [-0.1, -0.05) is 17.7 Å². The molecule has 2 rings (SSSR count). The molecule has 1 unspecified atom stereocenters. The van der Waals surface area contributed by atoms with Crippen molar-refractivity contribution in [3.05, 3.63) is 53.1 Å². The molecule has 0 fully saturated rings. The summed E-state index contributed by atoms with van der Waals surface area (Å²) in [6.07, 6.45) is 3.28. The van der Waals surface area contributed by atoms with E-state index in [0.717, 1.165) is 22.4 Å². The lowest BCUT2D eigenvalue weighted by Crippen LogP contribution is -2.06. The van der Waals surface area contributed by atoms with E-state index in [9.17, 15) is 5.26 Å². The molecule has 96 valence electrons. The normalized spacial score (nSPS) is 11.7. The van der Waals surface area contributed by atoms with Crippen molar-refractivity contribution in [2.24, 2.45) is 0 Å². The molecule has 0 N–H and O–H groups in total. The Kier molecular flexibility index (Phi) is 3.76. The van der Waals surface area contributed by atoms with Crippen LogP contribution in [0.3, 0.4) is 0 Å². The topological polar surface area (TPSA) is 58.8 Å². The van der Waals surface area contributed by atoms with Gasteiger partial charge in [0, 0.05) is 18.0 Å². The summed E-state index contributed by atoms with van der Waals surface area (Å²) in [5.41, 5.74) is 2.91. The Morgan fingerprint density at radius 1 is 1.21 bits per heavy atom. The molecule has 1 aromatic carbocycles. The number of hydrogen-bond acceptors (Lipinski definition) is 4. The summed E-state index contributed by atoms with van der Waals surface area (Å²) in [5, 5.41) is 9.45. The number of ether oxygens (including phenoxy) is 1. The lowest BCUT2D eigenvalue weighted by atomic mass is 9.94. The average molecular weight is 253 g/mol. The van der Waals surface area contributed by atoms with E-state index in [1.165, 1.54) is 0 Å². The van der Waals surface area contributed by atoms with Gasteiger partial charge in [0.05, 0.1) is 13.2 Å². The number of nitrogens with zero attached hydrogens (tertiary/aromatic N) is 3. The van der Waals surface area contributed by atoms with Gasteiger partial charge in [0.25, 0.3) is 0 Å². The molecular formula is C15H15N3O. The average Bonchev–Trinajstić information content (AvgIpc) is 2.40. The maximum Gasteiger partial charge on any atom is 0.149 e. The van der Waals surface area contributed by atoms with Gasteiger partial charge in [-0.2, -0.15) is 5.26 Å². The molecule has 4 nitrogen and oxygen atoms in total. The van der Waals surface area contributed by atoms with Crippen molar-refractivity contribution < 1.29 is 4.74 Å². The summed E-state index contributed by atoms with van der Waals surface area (Å²) < 4.78 is 5.43. The van der Waals surface area contributed by atoms with Gasteiger partial charge in [-0.05, 0) is 25.5 Å². The minimum atomic E-state index is -0.519. The first-order valence-corrected chi connectivity index (χ1v) is 5.99. The number of rotatable bonds is 3. The fourth-order valence-corrected chi connectivity index (χ4v) is 2.21. The number of methoxy groups -OCH3 is 1. The monoisotopic (exact) mass is 253 g/mol. The van der Waals surface area contributed by atoms with Gasteiger partial charge in [-0.25, -0.2) is 9.97 Å². The molecule has 0 aliphatic heterocycles. The van der Waals surface area contributed by atoms with Crippen LogP contribution >= 0.6 is 0 Å². The second-order valence-corrected chi connectivity index (χ2v) is 4.37. The fourth-order valence-electron chi connectivity index (χ4n) is 2.21. The number of nitriles is 1. The minimum Gasteiger partial charge on any atom is -0.496 e. The molecule has 2 aromatic rings. The highest BCUT2D eigenvalue weighted by Crippen LogP contribution is 2.33. The molecule has 19 heavy (non-hydrogen) atoms. The van der Waals surface area contributed by atoms with Crippen molar-refractivity contribution in [3.8, 4) is 11.8 Å². The Labute approximate surface area is 112 Å². The third-order valence-corrected chi connectivity index (χ3v) is 2.94. The zero-order valence-electron chi connectivity index (χ0n) is 11.2. The minimum absolute atomic E-state index is 0.494. The number of aromatic nitrogens is 2. The van der Waals surface area contributed by atoms with E-state index >= 15 is 0 Å². The maximum absolute atomic E-state index is 9.45. The SMILES string of the molecule is COc1c(C)cc(C)cc1C(C#N)c1ncccn1. The van der Waals surface area contributed by atoms with Gasteiger partial charge in [0.2, 0.25) is 0 Å². The van der Waals surface area contributed by atoms with E-state index in [1.807, 2.05) is 26.0 Å². The van der Waals surface area contributed by atoms with Crippen LogP contribution in [0.1, 0.15) is 28.4 Å². The molecule has 0 radical (unpaired) electrons. The summed E-state index contributed by atoms with van der Waals surface area (Å²) in [4.78, 5) is 8.34. The van der Waals surface area contributed by atoms with Crippen molar-refractivity contribution in [1.82, 2.24) is 9.97 Å². The highest BCUT2D eigenvalue weighted by atomic mass is 16.5. The molecule has 0 saturated carbocycles. The van der Waals surface area contributed by atoms with Gasteiger partial charge >= 0.3 is 0 Å². The number of hydrogen-bond donors (Lipinski definition) is 0. The molecule has 0 spiro atoms. The second kappa shape index (κ2) is 5.49. The van der Waals surface area contributed by atoms with E-state index in [1.54, 1.807) is 25.6 Å². The highest BCUT2D eigenvalue weighted by molar-refractivity contribution is 5.49. The van der Waals surface area contributed by atoms with E-state index in [-0.39, 0.29) is 0 Å². The zero-order chi connectivity index (χ0) is 13.8. The van der Waals surface area contributed by atoms with Gasteiger partial charge in [-0.3, -0.25) is 0 Å². The molecule has 4 heteroatoms. The van der Waals surface area contributed by atoms with Gasteiger partial charge < -0.3 is 4.74 Å². The largest absolute Gasteiger partial charge is 0.496 e. The number of aryl methyl sites for hydroxylation is 2. The molecule has 0 aliphatic carbocycles. The Hall–Kier alpha value is -2.41. The van der Waals surface area contributed by atoms with Crippen molar-refractivity contribution in [1.29, 1.82) is 5.26 Å². The van der Waals surface area contributed by atoms with Crippen LogP contribution in [0.15, 0.2) is 30.6 Å². The van der Waals surface area contributed by atoms with Crippen molar-refractivity contribution >= 4 is 0 Å². The summed E-state index contributed by atoms with van der Waals surface area (Å²) >= 11 is 0. The second-order valence-electron chi connectivity index (χ2n) is 4.37. The maximum atomic E-state index is 9.45. The molecule has 0 saturated heterocycles. The zero-order valence-corrected chi connectivity index (χ0v) is 11.2.